The zero-order valence-electron chi connectivity index (χ0n) is 11.8. The summed E-state index contributed by atoms with van der Waals surface area (Å²) in [5.74, 6) is 0. The molecular formula is C14H19F3N2O2. The minimum atomic E-state index is -4.08. The van der Waals surface area contributed by atoms with Crippen LogP contribution in [0, 0.1) is 10.1 Å². The van der Waals surface area contributed by atoms with Crippen LogP contribution in [0.3, 0.4) is 0 Å². The van der Waals surface area contributed by atoms with Gasteiger partial charge in [-0.2, -0.15) is 13.2 Å². The van der Waals surface area contributed by atoms with Crippen molar-refractivity contribution in [3.63, 3.8) is 0 Å². The maximum atomic E-state index is 12.0. The lowest BCUT2D eigenvalue weighted by Gasteiger charge is -2.14. The molecule has 1 N–H and O–H groups in total. The van der Waals surface area contributed by atoms with Gasteiger partial charge in [-0.15, -0.1) is 0 Å². The van der Waals surface area contributed by atoms with Crippen molar-refractivity contribution in [3.05, 3.63) is 39.9 Å². The number of hydrogen-bond acceptors (Lipinski definition) is 3. The molecule has 7 heteroatoms. The van der Waals surface area contributed by atoms with Gasteiger partial charge in [0.05, 0.1) is 4.92 Å². The van der Waals surface area contributed by atoms with Crippen molar-refractivity contribution in [1.29, 1.82) is 0 Å². The van der Waals surface area contributed by atoms with Crippen LogP contribution in [0.5, 0.6) is 0 Å². The number of benzene rings is 1. The van der Waals surface area contributed by atoms with E-state index in [0.717, 1.165) is 5.56 Å². The number of rotatable bonds is 8. The van der Waals surface area contributed by atoms with Crippen LogP contribution in [0.25, 0.3) is 0 Å². The van der Waals surface area contributed by atoms with Crippen molar-refractivity contribution in [2.75, 3.05) is 6.54 Å². The van der Waals surface area contributed by atoms with Crippen LogP contribution in [0.2, 0.25) is 0 Å². The molecule has 0 aromatic heterocycles. The van der Waals surface area contributed by atoms with Crippen LogP contribution in [0.1, 0.15) is 31.7 Å². The first-order valence-corrected chi connectivity index (χ1v) is 6.81. The Balaban J connectivity index is 2.22. The van der Waals surface area contributed by atoms with Crippen LogP contribution >= 0.6 is 0 Å². The van der Waals surface area contributed by atoms with E-state index in [1.165, 1.54) is 12.1 Å². The molecule has 0 amide bonds. The second-order valence-electron chi connectivity index (χ2n) is 5.04. The lowest BCUT2D eigenvalue weighted by Crippen LogP contribution is -2.28. The van der Waals surface area contributed by atoms with Crippen molar-refractivity contribution in [1.82, 2.24) is 5.32 Å². The molecule has 0 radical (unpaired) electrons. The van der Waals surface area contributed by atoms with Gasteiger partial charge in [0.15, 0.2) is 0 Å². The zero-order chi connectivity index (χ0) is 15.9. The van der Waals surface area contributed by atoms with Crippen molar-refractivity contribution < 1.29 is 18.1 Å². The van der Waals surface area contributed by atoms with Crippen molar-refractivity contribution in [2.45, 2.75) is 44.8 Å². The fourth-order valence-electron chi connectivity index (χ4n) is 1.96. The predicted molar refractivity (Wildman–Crippen MR) is 74.2 cm³/mol. The second-order valence-corrected chi connectivity index (χ2v) is 5.04. The molecule has 118 valence electrons. The quantitative estimate of drug-likeness (QED) is 0.586. The molecule has 21 heavy (non-hydrogen) atoms. The first-order valence-electron chi connectivity index (χ1n) is 6.81. The number of hydrogen-bond donors (Lipinski definition) is 1. The minimum Gasteiger partial charge on any atom is -0.314 e. The van der Waals surface area contributed by atoms with E-state index in [9.17, 15) is 23.3 Å². The summed E-state index contributed by atoms with van der Waals surface area (Å²) in [6.07, 6.45) is -3.56. The molecule has 1 atom stereocenters. The number of nitro groups is 1. The van der Waals surface area contributed by atoms with E-state index in [1.807, 2.05) is 6.92 Å². The fourth-order valence-corrected chi connectivity index (χ4v) is 1.96. The molecule has 1 rings (SSSR count). The molecule has 0 bridgehead atoms. The molecule has 0 fully saturated rings. The number of nitro benzene ring substituents is 1. The van der Waals surface area contributed by atoms with Gasteiger partial charge in [0.25, 0.3) is 5.69 Å². The van der Waals surface area contributed by atoms with Gasteiger partial charge in [0.1, 0.15) is 0 Å². The molecule has 1 aromatic carbocycles. The predicted octanol–water partition coefficient (Wildman–Crippen LogP) is 3.85. The molecule has 0 saturated heterocycles. The third-order valence-electron chi connectivity index (χ3n) is 3.15. The molecular weight excluding hydrogens is 285 g/mol. The van der Waals surface area contributed by atoms with Gasteiger partial charge in [-0.1, -0.05) is 12.1 Å². The van der Waals surface area contributed by atoms with E-state index in [1.54, 1.807) is 12.1 Å². The van der Waals surface area contributed by atoms with Crippen molar-refractivity contribution in [2.24, 2.45) is 0 Å². The maximum Gasteiger partial charge on any atom is 0.389 e. The van der Waals surface area contributed by atoms with Gasteiger partial charge in [-0.25, -0.2) is 0 Å². The summed E-state index contributed by atoms with van der Waals surface area (Å²) >= 11 is 0. The second kappa shape index (κ2) is 7.97. The highest BCUT2D eigenvalue weighted by molar-refractivity contribution is 5.32. The number of nitrogens with one attached hydrogen (secondary N) is 1. The van der Waals surface area contributed by atoms with Crippen molar-refractivity contribution >= 4 is 5.69 Å². The fraction of sp³-hybridized carbons (Fsp3) is 0.571. The molecule has 0 saturated carbocycles. The van der Waals surface area contributed by atoms with E-state index in [-0.39, 0.29) is 18.2 Å². The van der Waals surface area contributed by atoms with E-state index in [4.69, 9.17) is 0 Å². The Bertz CT molecular complexity index is 447. The maximum absolute atomic E-state index is 12.0. The monoisotopic (exact) mass is 304 g/mol. The van der Waals surface area contributed by atoms with E-state index in [2.05, 4.69) is 5.32 Å². The number of non-ortho nitro benzene ring substituents is 1. The third-order valence-corrected chi connectivity index (χ3v) is 3.15. The summed E-state index contributed by atoms with van der Waals surface area (Å²) in [4.78, 5) is 10.0. The molecule has 0 aliphatic rings. The van der Waals surface area contributed by atoms with Crippen LogP contribution < -0.4 is 5.32 Å². The summed E-state index contributed by atoms with van der Waals surface area (Å²) in [5.41, 5.74) is 1.00. The average Bonchev–Trinajstić information content (AvgIpc) is 2.37. The van der Waals surface area contributed by atoms with Crippen LogP contribution in [-0.4, -0.2) is 23.7 Å². The van der Waals surface area contributed by atoms with Gasteiger partial charge in [0, 0.05) is 24.6 Å². The Labute approximate surface area is 121 Å². The highest BCUT2D eigenvalue weighted by atomic mass is 19.4. The summed E-state index contributed by atoms with van der Waals surface area (Å²) < 4.78 is 36.0. The molecule has 1 aromatic rings. The SMILES string of the molecule is CC(CCCC(F)(F)F)NCCc1ccc([N+](=O)[O-])cc1. The van der Waals surface area contributed by atoms with Gasteiger partial charge in [0.2, 0.25) is 0 Å². The molecule has 0 aliphatic carbocycles. The Morgan fingerprint density at radius 1 is 1.29 bits per heavy atom. The number of alkyl halides is 3. The topological polar surface area (TPSA) is 55.2 Å². The lowest BCUT2D eigenvalue weighted by molar-refractivity contribution is -0.384. The summed E-state index contributed by atoms with van der Waals surface area (Å²) in [5, 5.41) is 13.7. The van der Waals surface area contributed by atoms with Gasteiger partial charge >= 0.3 is 6.18 Å². The Morgan fingerprint density at radius 2 is 1.90 bits per heavy atom. The smallest absolute Gasteiger partial charge is 0.314 e. The Morgan fingerprint density at radius 3 is 2.43 bits per heavy atom. The Hall–Kier alpha value is -1.63. The standard InChI is InChI=1S/C14H19F3N2O2/c1-11(3-2-9-14(15,16)17)18-10-8-12-4-6-13(7-5-12)19(20)21/h4-7,11,18H,2-3,8-10H2,1H3. The van der Waals surface area contributed by atoms with Crippen LogP contribution in [-0.2, 0) is 6.42 Å². The molecule has 1 unspecified atom stereocenters. The third kappa shape index (κ3) is 7.65. The summed E-state index contributed by atoms with van der Waals surface area (Å²) in [6.45, 7) is 2.48. The molecule has 0 spiro atoms. The van der Waals surface area contributed by atoms with Crippen LogP contribution in [0.15, 0.2) is 24.3 Å². The first kappa shape index (κ1) is 17.4. The highest BCUT2D eigenvalue weighted by Gasteiger charge is 2.26. The van der Waals surface area contributed by atoms with Gasteiger partial charge in [-0.3, -0.25) is 10.1 Å². The first-order chi connectivity index (χ1) is 9.78. The number of halogens is 3. The van der Waals surface area contributed by atoms with E-state index >= 15 is 0 Å². The number of nitrogens with zero attached hydrogens (tertiary/aromatic N) is 1. The van der Waals surface area contributed by atoms with Gasteiger partial charge in [-0.05, 0) is 38.3 Å². The zero-order valence-corrected chi connectivity index (χ0v) is 11.8. The molecule has 4 nitrogen and oxygen atoms in total. The lowest BCUT2D eigenvalue weighted by atomic mass is 10.1. The largest absolute Gasteiger partial charge is 0.389 e. The van der Waals surface area contributed by atoms with E-state index in [0.29, 0.717) is 19.4 Å². The highest BCUT2D eigenvalue weighted by Crippen LogP contribution is 2.22. The Kier molecular flexibility index (Phi) is 6.61. The van der Waals surface area contributed by atoms with Crippen molar-refractivity contribution in [3.8, 4) is 0 Å². The molecule has 0 aliphatic heterocycles. The van der Waals surface area contributed by atoms with Crippen LogP contribution in [0.4, 0.5) is 18.9 Å². The average molecular weight is 304 g/mol. The normalized spacial score (nSPS) is 13.1. The van der Waals surface area contributed by atoms with Gasteiger partial charge < -0.3 is 5.32 Å². The minimum absolute atomic E-state index is 0.0189. The molecule has 0 heterocycles. The summed E-state index contributed by atoms with van der Waals surface area (Å²) in [7, 11) is 0. The van der Waals surface area contributed by atoms with E-state index < -0.39 is 17.5 Å². The summed E-state index contributed by atoms with van der Waals surface area (Å²) in [6, 6.07) is 6.29.